The smallest absolute Gasteiger partial charge is 0.130 e. The first kappa shape index (κ1) is 11.9. The Morgan fingerprint density at radius 3 is 2.59 bits per heavy atom. The van der Waals surface area contributed by atoms with Gasteiger partial charge in [0.15, 0.2) is 0 Å². The predicted octanol–water partition coefficient (Wildman–Crippen LogP) is 1.88. The van der Waals surface area contributed by atoms with E-state index in [9.17, 15) is 0 Å². The van der Waals surface area contributed by atoms with Crippen molar-refractivity contribution in [1.82, 2.24) is 4.98 Å². The largest absolute Gasteiger partial charge is 0.372 e. The first-order valence-corrected chi connectivity index (χ1v) is 5.87. The molecule has 4 nitrogen and oxygen atoms in total. The van der Waals surface area contributed by atoms with Gasteiger partial charge in [0.25, 0.3) is 0 Å². The third-order valence-corrected chi connectivity index (χ3v) is 2.81. The number of aromatic nitrogens is 1. The van der Waals surface area contributed by atoms with Crippen LogP contribution in [0.3, 0.4) is 0 Å². The van der Waals surface area contributed by atoms with Crippen molar-refractivity contribution < 1.29 is 4.74 Å². The molecule has 90 valence electrons. The van der Waals surface area contributed by atoms with Crippen LogP contribution < -0.4 is 4.90 Å². The molecule has 0 radical (unpaired) electrons. The second-order valence-corrected chi connectivity index (χ2v) is 4.63. The van der Waals surface area contributed by atoms with Crippen LogP contribution in [0.15, 0.2) is 12.1 Å². The molecule has 1 fully saturated rings. The van der Waals surface area contributed by atoms with Gasteiger partial charge in [-0.05, 0) is 32.9 Å². The molecule has 4 heteroatoms. The van der Waals surface area contributed by atoms with Crippen LogP contribution in [-0.4, -0.2) is 30.3 Å². The number of pyridine rings is 1. The van der Waals surface area contributed by atoms with Crippen LogP contribution in [0.2, 0.25) is 0 Å². The highest BCUT2D eigenvalue weighted by Gasteiger charge is 2.23. The van der Waals surface area contributed by atoms with Crippen LogP contribution in [0.5, 0.6) is 0 Å². The molecule has 0 N–H and O–H groups in total. The van der Waals surface area contributed by atoms with Gasteiger partial charge in [-0.2, -0.15) is 5.26 Å². The van der Waals surface area contributed by atoms with Gasteiger partial charge < -0.3 is 9.64 Å². The molecular formula is C13H17N3O. The standard InChI is InChI=1S/C13H17N3O/c1-9-4-12(6-14)5-13(15-9)16-7-10(2)17-11(3)8-16/h4-5,10-11H,7-8H2,1-3H3. The molecule has 1 saturated heterocycles. The lowest BCUT2D eigenvalue weighted by Gasteiger charge is -2.36. The summed E-state index contributed by atoms with van der Waals surface area (Å²) in [6, 6.07) is 5.82. The molecule has 1 aliphatic rings. The van der Waals surface area contributed by atoms with Gasteiger partial charge in [0.1, 0.15) is 5.82 Å². The summed E-state index contributed by atoms with van der Waals surface area (Å²) in [6.07, 6.45) is 0.401. The average Bonchev–Trinajstić information content (AvgIpc) is 2.26. The van der Waals surface area contributed by atoms with E-state index < -0.39 is 0 Å². The van der Waals surface area contributed by atoms with Gasteiger partial charge in [-0.15, -0.1) is 0 Å². The number of ether oxygens (including phenoxy) is 1. The molecule has 2 heterocycles. The van der Waals surface area contributed by atoms with Crippen molar-refractivity contribution in [3.05, 3.63) is 23.4 Å². The molecule has 17 heavy (non-hydrogen) atoms. The first-order chi connectivity index (χ1) is 8.08. The maximum atomic E-state index is 8.97. The number of nitrogens with zero attached hydrogens (tertiary/aromatic N) is 3. The average molecular weight is 231 g/mol. The van der Waals surface area contributed by atoms with Gasteiger partial charge in [0.05, 0.1) is 23.8 Å². The third kappa shape index (κ3) is 2.75. The van der Waals surface area contributed by atoms with Crippen molar-refractivity contribution in [2.75, 3.05) is 18.0 Å². The first-order valence-electron chi connectivity index (χ1n) is 5.87. The Labute approximate surface area is 102 Å². The molecule has 0 bridgehead atoms. The monoisotopic (exact) mass is 231 g/mol. The minimum atomic E-state index is 0.201. The Bertz CT molecular complexity index is 442. The number of morpholine rings is 1. The highest BCUT2D eigenvalue weighted by atomic mass is 16.5. The van der Waals surface area contributed by atoms with Crippen molar-refractivity contribution in [2.24, 2.45) is 0 Å². The van der Waals surface area contributed by atoms with Gasteiger partial charge in [0.2, 0.25) is 0 Å². The fraction of sp³-hybridized carbons (Fsp3) is 0.538. The number of aryl methyl sites for hydroxylation is 1. The Balaban J connectivity index is 2.27. The van der Waals surface area contributed by atoms with Crippen molar-refractivity contribution in [2.45, 2.75) is 33.0 Å². The van der Waals surface area contributed by atoms with E-state index in [4.69, 9.17) is 10.00 Å². The summed E-state index contributed by atoms with van der Waals surface area (Å²) in [5.41, 5.74) is 1.55. The van der Waals surface area contributed by atoms with Gasteiger partial charge >= 0.3 is 0 Å². The fourth-order valence-corrected chi connectivity index (χ4v) is 2.24. The van der Waals surface area contributed by atoms with E-state index in [2.05, 4.69) is 29.8 Å². The van der Waals surface area contributed by atoms with Crippen LogP contribution in [-0.2, 0) is 4.74 Å². The van der Waals surface area contributed by atoms with Crippen molar-refractivity contribution >= 4 is 5.82 Å². The maximum Gasteiger partial charge on any atom is 0.130 e. The van der Waals surface area contributed by atoms with E-state index in [0.717, 1.165) is 24.6 Å². The third-order valence-electron chi connectivity index (χ3n) is 2.81. The molecule has 1 aromatic rings. The number of anilines is 1. The molecule has 2 unspecified atom stereocenters. The zero-order valence-electron chi connectivity index (χ0n) is 10.5. The normalized spacial score (nSPS) is 24.5. The van der Waals surface area contributed by atoms with E-state index >= 15 is 0 Å². The molecule has 0 amide bonds. The predicted molar refractivity (Wildman–Crippen MR) is 65.9 cm³/mol. The number of nitriles is 1. The lowest BCUT2D eigenvalue weighted by molar-refractivity contribution is -0.00546. The van der Waals surface area contributed by atoms with Crippen molar-refractivity contribution in [3.8, 4) is 6.07 Å². The molecule has 1 aliphatic heterocycles. The molecular weight excluding hydrogens is 214 g/mol. The van der Waals surface area contributed by atoms with Crippen LogP contribution >= 0.6 is 0 Å². The summed E-state index contributed by atoms with van der Waals surface area (Å²) < 4.78 is 5.69. The van der Waals surface area contributed by atoms with E-state index in [-0.39, 0.29) is 12.2 Å². The summed E-state index contributed by atoms with van der Waals surface area (Å²) in [4.78, 5) is 6.68. The van der Waals surface area contributed by atoms with Gasteiger partial charge in [-0.25, -0.2) is 4.98 Å². The quantitative estimate of drug-likeness (QED) is 0.740. The second-order valence-electron chi connectivity index (χ2n) is 4.63. The van der Waals surface area contributed by atoms with E-state index in [1.54, 1.807) is 6.07 Å². The van der Waals surface area contributed by atoms with Crippen LogP contribution in [0.4, 0.5) is 5.82 Å². The molecule has 2 atom stereocenters. The highest BCUT2D eigenvalue weighted by Crippen LogP contribution is 2.20. The van der Waals surface area contributed by atoms with E-state index in [1.807, 2.05) is 13.0 Å². The summed E-state index contributed by atoms with van der Waals surface area (Å²) in [5, 5.41) is 8.97. The SMILES string of the molecule is Cc1cc(C#N)cc(N2CC(C)OC(C)C2)n1. The molecule has 0 spiro atoms. The molecule has 1 aromatic heterocycles. The van der Waals surface area contributed by atoms with Crippen LogP contribution in [0, 0.1) is 18.3 Å². The van der Waals surface area contributed by atoms with Crippen molar-refractivity contribution in [3.63, 3.8) is 0 Å². The Morgan fingerprint density at radius 2 is 2.00 bits per heavy atom. The molecule has 2 rings (SSSR count). The lowest BCUT2D eigenvalue weighted by atomic mass is 10.2. The van der Waals surface area contributed by atoms with Gasteiger partial charge in [0, 0.05) is 18.8 Å². The summed E-state index contributed by atoms with van der Waals surface area (Å²) in [7, 11) is 0. The topological polar surface area (TPSA) is 49.2 Å². The number of rotatable bonds is 1. The minimum Gasteiger partial charge on any atom is -0.372 e. The fourth-order valence-electron chi connectivity index (χ4n) is 2.24. The second kappa shape index (κ2) is 4.72. The number of hydrogen-bond acceptors (Lipinski definition) is 4. The molecule has 0 aromatic carbocycles. The van der Waals surface area contributed by atoms with Crippen molar-refractivity contribution in [1.29, 1.82) is 5.26 Å². The summed E-state index contributed by atoms with van der Waals surface area (Å²) >= 11 is 0. The Kier molecular flexibility index (Phi) is 3.30. The Hall–Kier alpha value is -1.60. The zero-order chi connectivity index (χ0) is 12.4. The maximum absolute atomic E-state index is 8.97. The van der Waals surface area contributed by atoms with E-state index in [0.29, 0.717) is 5.56 Å². The number of hydrogen-bond donors (Lipinski definition) is 0. The Morgan fingerprint density at radius 1 is 1.35 bits per heavy atom. The summed E-state index contributed by atoms with van der Waals surface area (Å²) in [6.45, 7) is 7.68. The molecule has 0 aliphatic carbocycles. The molecule has 0 saturated carbocycles. The highest BCUT2D eigenvalue weighted by molar-refractivity contribution is 5.47. The van der Waals surface area contributed by atoms with Crippen LogP contribution in [0.1, 0.15) is 25.1 Å². The van der Waals surface area contributed by atoms with Gasteiger partial charge in [-0.1, -0.05) is 0 Å². The van der Waals surface area contributed by atoms with Crippen LogP contribution in [0.25, 0.3) is 0 Å². The minimum absolute atomic E-state index is 0.201. The van der Waals surface area contributed by atoms with Gasteiger partial charge in [-0.3, -0.25) is 0 Å². The lowest BCUT2D eigenvalue weighted by Crippen LogP contribution is -2.45. The summed E-state index contributed by atoms with van der Waals surface area (Å²) in [5.74, 6) is 0.878. The zero-order valence-corrected chi connectivity index (χ0v) is 10.5. The van der Waals surface area contributed by atoms with E-state index in [1.165, 1.54) is 0 Å².